The summed E-state index contributed by atoms with van der Waals surface area (Å²) in [5, 5.41) is 0. The lowest BCUT2D eigenvalue weighted by atomic mass is 9.70. The van der Waals surface area contributed by atoms with Crippen molar-refractivity contribution in [2.75, 3.05) is 32.7 Å². The van der Waals surface area contributed by atoms with E-state index in [1.165, 1.54) is 25.9 Å². The van der Waals surface area contributed by atoms with Crippen LogP contribution in [-0.2, 0) is 4.79 Å². The van der Waals surface area contributed by atoms with Gasteiger partial charge in [-0.15, -0.1) is 0 Å². The molecule has 0 bridgehead atoms. The molecule has 116 valence electrons. The number of piperidine rings is 1. The molecular weight excluding hydrogens is 248 g/mol. The van der Waals surface area contributed by atoms with Gasteiger partial charge in [0.1, 0.15) is 0 Å². The van der Waals surface area contributed by atoms with E-state index in [1.807, 2.05) is 20.8 Å². The molecule has 0 N–H and O–H groups in total. The van der Waals surface area contributed by atoms with Gasteiger partial charge in [0, 0.05) is 24.0 Å². The lowest BCUT2D eigenvalue weighted by Crippen LogP contribution is -2.65. The second-order valence-electron chi connectivity index (χ2n) is 8.98. The van der Waals surface area contributed by atoms with Gasteiger partial charge in [0.05, 0.1) is 6.54 Å². The van der Waals surface area contributed by atoms with Crippen LogP contribution in [-0.4, -0.2) is 53.8 Å². The molecule has 0 radical (unpaired) electrons. The summed E-state index contributed by atoms with van der Waals surface area (Å²) in [5.74, 6) is 0.373. The first-order chi connectivity index (χ1) is 9.02. The summed E-state index contributed by atoms with van der Waals surface area (Å²) in [7, 11) is 0. The van der Waals surface area contributed by atoms with E-state index in [0.29, 0.717) is 23.3 Å². The summed E-state index contributed by atoms with van der Waals surface area (Å²) in [6, 6.07) is 0. The molecule has 0 amide bonds. The van der Waals surface area contributed by atoms with Crippen molar-refractivity contribution in [1.82, 2.24) is 9.80 Å². The van der Waals surface area contributed by atoms with Gasteiger partial charge < -0.3 is 0 Å². The van der Waals surface area contributed by atoms with Gasteiger partial charge >= 0.3 is 0 Å². The van der Waals surface area contributed by atoms with Crippen LogP contribution in [0.3, 0.4) is 0 Å². The molecule has 2 saturated heterocycles. The largest absolute Gasteiger partial charge is 0.298 e. The number of hydrogen-bond acceptors (Lipinski definition) is 3. The third-order valence-corrected chi connectivity index (χ3v) is 5.12. The number of likely N-dealkylation sites (tertiary alicyclic amines) is 2. The zero-order valence-electron chi connectivity index (χ0n) is 14.3. The summed E-state index contributed by atoms with van der Waals surface area (Å²) in [6.45, 7) is 18.3. The lowest BCUT2D eigenvalue weighted by Gasteiger charge is -2.58. The Morgan fingerprint density at radius 3 is 1.90 bits per heavy atom. The van der Waals surface area contributed by atoms with E-state index in [2.05, 4.69) is 30.6 Å². The van der Waals surface area contributed by atoms with Crippen LogP contribution in [0.5, 0.6) is 0 Å². The summed E-state index contributed by atoms with van der Waals surface area (Å²) < 4.78 is 0. The smallest absolute Gasteiger partial charge is 0.152 e. The minimum Gasteiger partial charge on any atom is -0.298 e. The average Bonchev–Trinajstić information content (AvgIpc) is 2.24. The molecular formula is C17H32N2O. The second kappa shape index (κ2) is 5.10. The maximum Gasteiger partial charge on any atom is 0.152 e. The predicted octanol–water partition coefficient (Wildman–Crippen LogP) is 2.80. The molecule has 2 aliphatic heterocycles. The van der Waals surface area contributed by atoms with Crippen molar-refractivity contribution in [1.29, 1.82) is 0 Å². The molecule has 0 saturated carbocycles. The van der Waals surface area contributed by atoms with Crippen LogP contribution in [0, 0.1) is 10.8 Å². The second-order valence-corrected chi connectivity index (χ2v) is 8.98. The maximum absolute atomic E-state index is 12.1. The topological polar surface area (TPSA) is 23.6 Å². The first kappa shape index (κ1) is 16.0. The molecule has 3 nitrogen and oxygen atoms in total. The summed E-state index contributed by atoms with van der Waals surface area (Å²) >= 11 is 0. The van der Waals surface area contributed by atoms with Gasteiger partial charge in [0.2, 0.25) is 0 Å². The molecule has 3 heteroatoms. The highest BCUT2D eigenvalue weighted by Gasteiger charge is 2.47. The van der Waals surface area contributed by atoms with Crippen molar-refractivity contribution in [3.8, 4) is 0 Å². The van der Waals surface area contributed by atoms with Crippen molar-refractivity contribution >= 4 is 5.78 Å². The number of ketones is 1. The van der Waals surface area contributed by atoms with E-state index in [4.69, 9.17) is 0 Å². The molecule has 2 aliphatic rings. The Morgan fingerprint density at radius 1 is 1.00 bits per heavy atom. The number of carbonyl (C=O) groups is 1. The molecule has 2 heterocycles. The zero-order valence-corrected chi connectivity index (χ0v) is 14.3. The van der Waals surface area contributed by atoms with Gasteiger partial charge in [-0.2, -0.15) is 0 Å². The van der Waals surface area contributed by atoms with Crippen LogP contribution in [0.2, 0.25) is 0 Å². The van der Waals surface area contributed by atoms with E-state index in [1.54, 1.807) is 0 Å². The predicted molar refractivity (Wildman–Crippen MR) is 83.9 cm³/mol. The monoisotopic (exact) mass is 280 g/mol. The van der Waals surface area contributed by atoms with E-state index < -0.39 is 0 Å². The molecule has 20 heavy (non-hydrogen) atoms. The maximum atomic E-state index is 12.1. The third-order valence-electron chi connectivity index (χ3n) is 5.12. The zero-order chi connectivity index (χ0) is 15.2. The van der Waals surface area contributed by atoms with Gasteiger partial charge in [-0.05, 0) is 52.1 Å². The van der Waals surface area contributed by atoms with Crippen molar-refractivity contribution in [3.05, 3.63) is 0 Å². The quantitative estimate of drug-likeness (QED) is 0.777. The van der Waals surface area contributed by atoms with Gasteiger partial charge in [0.15, 0.2) is 5.78 Å². The van der Waals surface area contributed by atoms with Gasteiger partial charge in [0.25, 0.3) is 0 Å². The Kier molecular flexibility index (Phi) is 4.07. The fourth-order valence-corrected chi connectivity index (χ4v) is 3.18. The first-order valence-corrected chi connectivity index (χ1v) is 8.03. The van der Waals surface area contributed by atoms with Crippen LogP contribution in [0.25, 0.3) is 0 Å². The molecule has 1 spiro atoms. The highest BCUT2D eigenvalue weighted by molar-refractivity contribution is 5.85. The number of carbonyl (C=O) groups excluding carboxylic acids is 1. The summed E-state index contributed by atoms with van der Waals surface area (Å²) in [4.78, 5) is 17.1. The lowest BCUT2D eigenvalue weighted by molar-refractivity contribution is -0.129. The van der Waals surface area contributed by atoms with Crippen molar-refractivity contribution in [3.63, 3.8) is 0 Å². The first-order valence-electron chi connectivity index (χ1n) is 8.03. The van der Waals surface area contributed by atoms with E-state index in [-0.39, 0.29) is 5.41 Å². The molecule has 0 atom stereocenters. The molecule has 0 aromatic heterocycles. The Balaban J connectivity index is 1.79. The summed E-state index contributed by atoms with van der Waals surface area (Å²) in [6.07, 6.45) is 2.52. The average molecular weight is 280 g/mol. The third kappa shape index (κ3) is 3.43. The molecule has 0 aromatic rings. The van der Waals surface area contributed by atoms with Crippen LogP contribution in [0.4, 0.5) is 0 Å². The highest BCUT2D eigenvalue weighted by atomic mass is 16.1. The van der Waals surface area contributed by atoms with Crippen LogP contribution in [0.15, 0.2) is 0 Å². The van der Waals surface area contributed by atoms with E-state index in [0.717, 1.165) is 13.1 Å². The van der Waals surface area contributed by atoms with E-state index >= 15 is 0 Å². The molecule has 2 rings (SSSR count). The van der Waals surface area contributed by atoms with Crippen molar-refractivity contribution in [2.24, 2.45) is 10.8 Å². The summed E-state index contributed by atoms with van der Waals surface area (Å²) in [5.41, 5.74) is 0.660. The fraction of sp³-hybridized carbons (Fsp3) is 0.941. The van der Waals surface area contributed by atoms with Gasteiger partial charge in [-0.1, -0.05) is 20.8 Å². The Hall–Kier alpha value is -0.410. The molecule has 0 aliphatic carbocycles. The number of Topliss-reactive ketones (excluding diaryl/α,β-unsaturated/α-hetero) is 1. The molecule has 2 fully saturated rings. The Morgan fingerprint density at radius 2 is 1.50 bits per heavy atom. The molecule has 0 unspecified atom stereocenters. The number of rotatable bonds is 2. The fourth-order valence-electron chi connectivity index (χ4n) is 3.18. The minimum absolute atomic E-state index is 0.200. The van der Waals surface area contributed by atoms with Gasteiger partial charge in [-0.3, -0.25) is 14.6 Å². The normalized spacial score (nSPS) is 24.7. The minimum atomic E-state index is -0.200. The van der Waals surface area contributed by atoms with E-state index in [9.17, 15) is 4.79 Å². The molecule has 0 aromatic carbocycles. The Labute approximate surface area is 124 Å². The number of hydrogen-bond donors (Lipinski definition) is 0. The van der Waals surface area contributed by atoms with Gasteiger partial charge in [-0.25, -0.2) is 0 Å². The SMILES string of the molecule is CC(C)(C)C(=O)CN1CCC2(CC1)CN(C(C)(C)C)C2. The van der Waals surface area contributed by atoms with Crippen molar-refractivity contribution < 1.29 is 4.79 Å². The Bertz CT molecular complexity index is 359. The van der Waals surface area contributed by atoms with Crippen LogP contribution >= 0.6 is 0 Å². The highest BCUT2D eigenvalue weighted by Crippen LogP contribution is 2.43. The standard InChI is InChI=1S/C17H32N2O/c1-15(2,3)14(20)11-18-9-7-17(8-10-18)12-19(13-17)16(4,5)6/h7-13H2,1-6H3. The van der Waals surface area contributed by atoms with Crippen molar-refractivity contribution in [2.45, 2.75) is 59.9 Å². The van der Waals surface area contributed by atoms with Crippen LogP contribution < -0.4 is 0 Å². The number of nitrogens with zero attached hydrogens (tertiary/aromatic N) is 2. The van der Waals surface area contributed by atoms with Crippen LogP contribution in [0.1, 0.15) is 54.4 Å².